The van der Waals surface area contributed by atoms with Crippen LogP contribution in [-0.4, -0.2) is 27.6 Å². The topological polar surface area (TPSA) is 71.3 Å². The number of hydrogen-bond acceptors (Lipinski definition) is 5. The van der Waals surface area contributed by atoms with Gasteiger partial charge in [-0.1, -0.05) is 58.7 Å². The Morgan fingerprint density at radius 1 is 1.12 bits per heavy atom. The number of halogens is 1. The van der Waals surface area contributed by atoms with E-state index in [-0.39, 0.29) is 6.03 Å². The van der Waals surface area contributed by atoms with E-state index >= 15 is 0 Å². The van der Waals surface area contributed by atoms with E-state index in [0.29, 0.717) is 23.3 Å². The molecule has 1 N–H and O–H groups in total. The van der Waals surface area contributed by atoms with Gasteiger partial charge in [0.25, 0.3) is 5.89 Å². The molecule has 1 aliphatic heterocycles. The molecule has 1 aliphatic rings. The summed E-state index contributed by atoms with van der Waals surface area (Å²) in [6.45, 7) is 4.51. The van der Waals surface area contributed by atoms with Gasteiger partial charge >= 0.3 is 6.03 Å². The molecule has 5 rings (SSSR count). The number of carbonyl (C=O) groups excluding carboxylic acids is 1. The van der Waals surface area contributed by atoms with Crippen LogP contribution < -0.4 is 5.32 Å². The van der Waals surface area contributed by atoms with E-state index in [4.69, 9.17) is 21.1 Å². The van der Waals surface area contributed by atoms with Gasteiger partial charge in [0, 0.05) is 27.7 Å². The van der Waals surface area contributed by atoms with E-state index in [9.17, 15) is 4.79 Å². The summed E-state index contributed by atoms with van der Waals surface area (Å²) >= 11 is 7.80. The Labute approximate surface area is 206 Å². The number of nitrogens with zero attached hydrogens (tertiary/aromatic N) is 3. The predicted octanol–water partition coefficient (Wildman–Crippen LogP) is 6.50. The molecule has 6 nitrogen and oxygen atoms in total. The minimum absolute atomic E-state index is 0.156. The van der Waals surface area contributed by atoms with E-state index in [1.807, 2.05) is 73.8 Å². The summed E-state index contributed by atoms with van der Waals surface area (Å²) in [7, 11) is 0. The van der Waals surface area contributed by atoms with Crippen LogP contribution in [0.15, 0.2) is 76.3 Å². The van der Waals surface area contributed by atoms with Crippen molar-refractivity contribution in [2.75, 3.05) is 6.54 Å². The summed E-state index contributed by atoms with van der Waals surface area (Å²) in [5, 5.41) is 10.0. The van der Waals surface area contributed by atoms with Crippen LogP contribution in [0.1, 0.15) is 34.9 Å². The minimum Gasteiger partial charge on any atom is -0.334 e. The maximum absolute atomic E-state index is 13.1. The van der Waals surface area contributed by atoms with Gasteiger partial charge < -0.3 is 9.84 Å². The molecular formula is C26H23ClN4O2S. The number of hydrogen-bond donors (Lipinski definition) is 1. The van der Waals surface area contributed by atoms with Crippen molar-refractivity contribution in [2.24, 2.45) is 0 Å². The van der Waals surface area contributed by atoms with Crippen molar-refractivity contribution in [3.05, 3.63) is 98.7 Å². The average Bonchev–Trinajstić information content (AvgIpc) is 3.52. The van der Waals surface area contributed by atoms with Crippen LogP contribution in [0.4, 0.5) is 4.79 Å². The molecule has 0 aliphatic carbocycles. The molecule has 2 amide bonds. The molecular weight excluding hydrogens is 468 g/mol. The van der Waals surface area contributed by atoms with Crippen molar-refractivity contribution in [3.63, 3.8) is 0 Å². The normalized spacial score (nSPS) is 16.1. The third kappa shape index (κ3) is 4.49. The average molecular weight is 491 g/mol. The second-order valence-corrected chi connectivity index (χ2v) is 9.68. The Balaban J connectivity index is 1.56. The molecule has 0 radical (unpaired) electrons. The third-order valence-electron chi connectivity index (χ3n) is 5.89. The monoisotopic (exact) mass is 490 g/mol. The summed E-state index contributed by atoms with van der Waals surface area (Å²) in [6.07, 6.45) is 0.764. The van der Waals surface area contributed by atoms with E-state index in [0.717, 1.165) is 34.4 Å². The lowest BCUT2D eigenvalue weighted by Crippen LogP contribution is -2.46. The molecule has 172 valence electrons. The molecule has 0 spiro atoms. The number of carbonyl (C=O) groups is 1. The van der Waals surface area contributed by atoms with Crippen LogP contribution in [0.5, 0.6) is 0 Å². The molecule has 8 heteroatoms. The molecule has 3 heterocycles. The lowest BCUT2D eigenvalue weighted by Gasteiger charge is -2.35. The molecule has 1 unspecified atom stereocenters. The highest BCUT2D eigenvalue weighted by molar-refractivity contribution is 7.09. The SMILES string of the molecule is CC1=C(c2nc(-c3cccc(C)c3)no2)C(c2ccc(Cl)cc2)NC(=O)N1CCc1cccs1. The Kier molecular flexibility index (Phi) is 6.22. The van der Waals surface area contributed by atoms with Crippen LogP contribution in [-0.2, 0) is 6.42 Å². The molecule has 34 heavy (non-hydrogen) atoms. The molecule has 0 bridgehead atoms. The van der Waals surface area contributed by atoms with Gasteiger partial charge in [0.2, 0.25) is 5.82 Å². The first-order valence-electron chi connectivity index (χ1n) is 11.0. The van der Waals surface area contributed by atoms with Crippen molar-refractivity contribution in [1.29, 1.82) is 0 Å². The fourth-order valence-electron chi connectivity index (χ4n) is 4.14. The number of thiophene rings is 1. The molecule has 0 saturated carbocycles. The van der Waals surface area contributed by atoms with Crippen molar-refractivity contribution < 1.29 is 9.32 Å². The largest absolute Gasteiger partial charge is 0.334 e. The fourth-order valence-corrected chi connectivity index (χ4v) is 4.97. The van der Waals surface area contributed by atoms with Crippen LogP contribution in [0.3, 0.4) is 0 Å². The summed E-state index contributed by atoms with van der Waals surface area (Å²) in [5.41, 5.74) is 4.45. The fraction of sp³-hybridized carbons (Fsp3) is 0.192. The third-order valence-corrected chi connectivity index (χ3v) is 7.08. The highest BCUT2D eigenvalue weighted by Gasteiger charge is 2.35. The first kappa shape index (κ1) is 22.4. The van der Waals surface area contributed by atoms with Crippen LogP contribution in [0, 0.1) is 6.92 Å². The predicted molar refractivity (Wildman–Crippen MR) is 135 cm³/mol. The summed E-state index contributed by atoms with van der Waals surface area (Å²) in [6, 6.07) is 18.9. The molecule has 4 aromatic rings. The zero-order valence-corrected chi connectivity index (χ0v) is 20.4. The van der Waals surface area contributed by atoms with E-state index in [1.54, 1.807) is 16.2 Å². The van der Waals surface area contributed by atoms with E-state index in [1.165, 1.54) is 4.88 Å². The van der Waals surface area contributed by atoms with Crippen molar-refractivity contribution in [2.45, 2.75) is 26.3 Å². The van der Waals surface area contributed by atoms with Crippen LogP contribution in [0.2, 0.25) is 5.02 Å². The quantitative estimate of drug-likeness (QED) is 0.335. The van der Waals surface area contributed by atoms with Gasteiger partial charge in [-0.3, -0.25) is 4.90 Å². The number of rotatable bonds is 6. The lowest BCUT2D eigenvalue weighted by molar-refractivity contribution is 0.205. The summed E-state index contributed by atoms with van der Waals surface area (Å²) < 4.78 is 5.76. The van der Waals surface area contributed by atoms with Gasteiger partial charge in [-0.15, -0.1) is 11.3 Å². The second kappa shape index (κ2) is 9.44. The first-order valence-corrected chi connectivity index (χ1v) is 12.2. The maximum atomic E-state index is 13.1. The summed E-state index contributed by atoms with van der Waals surface area (Å²) in [5.74, 6) is 0.894. The molecule has 0 fully saturated rings. The number of allylic oxidation sites excluding steroid dienone is 1. The molecule has 0 saturated heterocycles. The minimum atomic E-state index is -0.437. The van der Waals surface area contributed by atoms with E-state index < -0.39 is 6.04 Å². The molecule has 2 aromatic carbocycles. The Morgan fingerprint density at radius 3 is 2.68 bits per heavy atom. The highest BCUT2D eigenvalue weighted by atomic mass is 35.5. The number of aryl methyl sites for hydroxylation is 1. The van der Waals surface area contributed by atoms with E-state index in [2.05, 4.69) is 16.5 Å². The number of amides is 2. The zero-order chi connectivity index (χ0) is 23.7. The van der Waals surface area contributed by atoms with Gasteiger partial charge in [0.15, 0.2) is 0 Å². The number of nitrogens with one attached hydrogen (secondary N) is 1. The number of benzene rings is 2. The van der Waals surface area contributed by atoms with Gasteiger partial charge in [-0.2, -0.15) is 4.98 Å². The highest BCUT2D eigenvalue weighted by Crippen LogP contribution is 2.37. The van der Waals surface area contributed by atoms with Gasteiger partial charge in [-0.05, 0) is 55.5 Å². The molecule has 2 aromatic heterocycles. The Bertz CT molecular complexity index is 1350. The lowest BCUT2D eigenvalue weighted by atomic mass is 9.94. The Morgan fingerprint density at radius 2 is 1.94 bits per heavy atom. The smallest absolute Gasteiger partial charge is 0.322 e. The van der Waals surface area contributed by atoms with Crippen molar-refractivity contribution in [3.8, 4) is 11.4 Å². The standard InChI is InChI=1S/C26H23ClN4O2S/c1-16-5-3-6-19(15-16)24-29-25(33-30-24)22-17(2)31(13-12-21-7-4-14-34-21)26(32)28-23(22)18-8-10-20(27)11-9-18/h3-11,14-15,23H,12-13H2,1-2H3,(H,28,32). The van der Waals surface area contributed by atoms with Gasteiger partial charge in [0.05, 0.1) is 11.6 Å². The summed E-state index contributed by atoms with van der Waals surface area (Å²) in [4.78, 5) is 20.8. The molecule has 1 atom stereocenters. The number of aromatic nitrogens is 2. The number of urea groups is 1. The van der Waals surface area contributed by atoms with Gasteiger partial charge in [0.1, 0.15) is 0 Å². The van der Waals surface area contributed by atoms with Gasteiger partial charge in [-0.25, -0.2) is 4.79 Å². The van der Waals surface area contributed by atoms with Crippen molar-refractivity contribution in [1.82, 2.24) is 20.4 Å². The maximum Gasteiger partial charge on any atom is 0.322 e. The first-order chi connectivity index (χ1) is 16.5. The van der Waals surface area contributed by atoms with Crippen molar-refractivity contribution >= 4 is 34.5 Å². The Hall–Kier alpha value is -3.42. The van der Waals surface area contributed by atoms with Crippen LogP contribution in [0.25, 0.3) is 17.0 Å². The van der Waals surface area contributed by atoms with Crippen LogP contribution >= 0.6 is 22.9 Å². The second-order valence-electron chi connectivity index (χ2n) is 8.21. The zero-order valence-electron chi connectivity index (χ0n) is 18.8.